The number of aromatic hydroxyl groups is 1. The Hall–Kier alpha value is -2.53. The Balaban J connectivity index is 1.54. The monoisotopic (exact) mass is 569 g/mol. The van der Waals surface area contributed by atoms with E-state index in [1.807, 2.05) is 0 Å². The molecule has 1 N–H and O–H groups in total. The van der Waals surface area contributed by atoms with Crippen molar-refractivity contribution < 1.29 is 32.5 Å². The number of hydrogen-bond donors (Lipinski definition) is 1. The zero-order chi connectivity index (χ0) is 28.3. The van der Waals surface area contributed by atoms with Crippen LogP contribution in [0.3, 0.4) is 0 Å². The molecular formula is C28H35ClF3N3O4. The number of amides is 1. The molecule has 0 spiro atoms. The van der Waals surface area contributed by atoms with E-state index < -0.39 is 17.6 Å². The number of alkyl halides is 3. The molecular weight excluding hydrogens is 535 g/mol. The zero-order valence-electron chi connectivity index (χ0n) is 22.4. The van der Waals surface area contributed by atoms with Crippen LogP contribution in [0.2, 0.25) is 5.02 Å². The summed E-state index contributed by atoms with van der Waals surface area (Å²) in [4.78, 5) is 19.9. The normalized spacial score (nSPS) is 23.2. The minimum atomic E-state index is -4.61. The average molecular weight is 570 g/mol. The largest absolute Gasteiger partial charge is 0.506 e. The van der Waals surface area contributed by atoms with Crippen LogP contribution in [0.1, 0.15) is 35.3 Å². The van der Waals surface area contributed by atoms with Crippen molar-refractivity contribution in [2.24, 2.45) is 0 Å². The Morgan fingerprint density at radius 1 is 1.05 bits per heavy atom. The summed E-state index contributed by atoms with van der Waals surface area (Å²) in [7, 11) is 1.27. The predicted octanol–water partition coefficient (Wildman–Crippen LogP) is 4.55. The third-order valence-electron chi connectivity index (χ3n) is 7.25. The molecule has 2 saturated heterocycles. The van der Waals surface area contributed by atoms with Gasteiger partial charge in [-0.1, -0.05) is 17.7 Å². The first-order valence-electron chi connectivity index (χ1n) is 13.1. The summed E-state index contributed by atoms with van der Waals surface area (Å²) < 4.78 is 51.5. The van der Waals surface area contributed by atoms with E-state index in [1.165, 1.54) is 13.2 Å². The van der Waals surface area contributed by atoms with E-state index in [-0.39, 0.29) is 40.3 Å². The van der Waals surface area contributed by atoms with Gasteiger partial charge < -0.3 is 19.5 Å². The van der Waals surface area contributed by atoms with Gasteiger partial charge in [0.1, 0.15) is 11.5 Å². The van der Waals surface area contributed by atoms with Gasteiger partial charge in [-0.15, -0.1) is 0 Å². The van der Waals surface area contributed by atoms with E-state index >= 15 is 0 Å². The number of carbonyl (C=O) groups is 1. The molecule has 0 unspecified atom stereocenters. The molecule has 2 aromatic carbocycles. The standard InChI is InChI=1S/C28H35ClF3N3O4/c1-18-15-34(16-19(2)39-18)7-6-33-8-9-35(23(17-33)10-20-4-5-25(29)26(36)11-20)27(37)21-12-22(28(30,31)32)14-24(13-21)38-3/h4-5,11-14,18-19,23,36H,6-10,15-17H2,1-3H3/t18-,19+,23-/m1/s1. The average Bonchev–Trinajstić information content (AvgIpc) is 2.88. The summed E-state index contributed by atoms with van der Waals surface area (Å²) in [5.74, 6) is -0.573. The number of ether oxygens (including phenoxy) is 2. The van der Waals surface area contributed by atoms with E-state index in [0.717, 1.165) is 43.9 Å². The van der Waals surface area contributed by atoms with Crippen molar-refractivity contribution in [3.8, 4) is 11.5 Å². The lowest BCUT2D eigenvalue weighted by Gasteiger charge is -2.43. The molecule has 39 heavy (non-hydrogen) atoms. The smallest absolute Gasteiger partial charge is 0.416 e. The second-order valence-corrected chi connectivity index (χ2v) is 10.8. The second kappa shape index (κ2) is 12.3. The van der Waals surface area contributed by atoms with Crippen LogP contribution in [0.25, 0.3) is 0 Å². The Bertz CT molecular complexity index is 1160. The molecule has 0 saturated carbocycles. The third-order valence-corrected chi connectivity index (χ3v) is 7.57. The number of halogens is 4. The Kier molecular flexibility index (Phi) is 9.31. The van der Waals surface area contributed by atoms with E-state index in [9.17, 15) is 23.1 Å². The molecule has 2 aliphatic rings. The van der Waals surface area contributed by atoms with Crippen LogP contribution in [0, 0.1) is 0 Å². The summed E-state index contributed by atoms with van der Waals surface area (Å²) in [5.41, 5.74) is -0.230. The maximum atomic E-state index is 13.6. The van der Waals surface area contributed by atoms with Crippen molar-refractivity contribution in [1.82, 2.24) is 14.7 Å². The van der Waals surface area contributed by atoms with Crippen LogP contribution >= 0.6 is 11.6 Å². The van der Waals surface area contributed by atoms with Crippen LogP contribution in [0.5, 0.6) is 11.5 Å². The first kappa shape index (κ1) is 29.5. The van der Waals surface area contributed by atoms with Gasteiger partial charge in [-0.2, -0.15) is 13.2 Å². The fourth-order valence-electron chi connectivity index (χ4n) is 5.44. The highest BCUT2D eigenvalue weighted by molar-refractivity contribution is 6.32. The van der Waals surface area contributed by atoms with E-state index in [1.54, 1.807) is 23.1 Å². The van der Waals surface area contributed by atoms with Crippen molar-refractivity contribution >= 4 is 17.5 Å². The maximum Gasteiger partial charge on any atom is 0.416 e. The van der Waals surface area contributed by atoms with Crippen molar-refractivity contribution in [3.05, 3.63) is 58.1 Å². The number of phenols is 1. The quantitative estimate of drug-likeness (QED) is 0.528. The van der Waals surface area contributed by atoms with E-state index in [0.29, 0.717) is 26.1 Å². The van der Waals surface area contributed by atoms with Crippen molar-refractivity contribution in [2.45, 2.75) is 44.7 Å². The van der Waals surface area contributed by atoms with Gasteiger partial charge in [-0.05, 0) is 56.2 Å². The van der Waals surface area contributed by atoms with Gasteiger partial charge in [0, 0.05) is 57.4 Å². The highest BCUT2D eigenvalue weighted by Crippen LogP contribution is 2.33. The van der Waals surface area contributed by atoms with Crippen LogP contribution < -0.4 is 4.74 Å². The molecule has 2 aromatic rings. The fourth-order valence-corrected chi connectivity index (χ4v) is 5.56. The molecule has 0 aromatic heterocycles. The summed E-state index contributed by atoms with van der Waals surface area (Å²) in [6.45, 7) is 8.98. The Morgan fingerprint density at radius 2 is 1.74 bits per heavy atom. The minimum Gasteiger partial charge on any atom is -0.506 e. The van der Waals surface area contributed by atoms with Crippen LogP contribution in [0.15, 0.2) is 36.4 Å². The fraction of sp³-hybridized carbons (Fsp3) is 0.536. The molecule has 0 radical (unpaired) electrons. The molecule has 0 aliphatic carbocycles. The molecule has 2 fully saturated rings. The number of piperazine rings is 1. The van der Waals surface area contributed by atoms with Gasteiger partial charge in [-0.3, -0.25) is 14.6 Å². The molecule has 214 valence electrons. The molecule has 2 aliphatic heterocycles. The summed E-state index contributed by atoms with van der Waals surface area (Å²) in [6.07, 6.45) is -3.87. The van der Waals surface area contributed by atoms with E-state index in [4.69, 9.17) is 21.1 Å². The van der Waals surface area contributed by atoms with Crippen LogP contribution in [0.4, 0.5) is 13.2 Å². The molecule has 4 rings (SSSR count). The lowest BCUT2D eigenvalue weighted by atomic mass is 9.99. The van der Waals surface area contributed by atoms with Gasteiger partial charge in [-0.25, -0.2) is 0 Å². The van der Waals surface area contributed by atoms with Crippen molar-refractivity contribution in [3.63, 3.8) is 0 Å². The summed E-state index contributed by atoms with van der Waals surface area (Å²) >= 11 is 5.98. The van der Waals surface area contributed by atoms with Gasteiger partial charge in [0.15, 0.2) is 0 Å². The van der Waals surface area contributed by atoms with Crippen molar-refractivity contribution in [1.29, 1.82) is 0 Å². The third kappa shape index (κ3) is 7.57. The predicted molar refractivity (Wildman–Crippen MR) is 143 cm³/mol. The first-order chi connectivity index (χ1) is 18.4. The topological polar surface area (TPSA) is 65.5 Å². The number of benzene rings is 2. The summed E-state index contributed by atoms with van der Waals surface area (Å²) in [5, 5.41) is 10.3. The molecule has 3 atom stereocenters. The number of nitrogens with zero attached hydrogens (tertiary/aromatic N) is 3. The summed E-state index contributed by atoms with van der Waals surface area (Å²) in [6, 6.07) is 7.73. The number of hydrogen-bond acceptors (Lipinski definition) is 6. The Morgan fingerprint density at radius 3 is 2.38 bits per heavy atom. The van der Waals surface area contributed by atoms with Crippen LogP contribution in [-0.4, -0.2) is 96.9 Å². The SMILES string of the molecule is COc1cc(C(=O)N2CCN(CCN3C[C@@H](C)O[C@@H](C)C3)C[C@H]2Cc2ccc(Cl)c(O)c2)cc(C(F)(F)F)c1. The van der Waals surface area contributed by atoms with Gasteiger partial charge in [0.2, 0.25) is 0 Å². The number of rotatable bonds is 7. The highest BCUT2D eigenvalue weighted by Gasteiger charge is 2.35. The Labute approximate surface area is 232 Å². The van der Waals surface area contributed by atoms with Gasteiger partial charge >= 0.3 is 6.18 Å². The van der Waals surface area contributed by atoms with Gasteiger partial charge in [0.25, 0.3) is 5.91 Å². The lowest BCUT2D eigenvalue weighted by molar-refractivity contribution is -0.137. The van der Waals surface area contributed by atoms with E-state index in [2.05, 4.69) is 23.6 Å². The molecule has 7 nitrogen and oxygen atoms in total. The number of methoxy groups -OCH3 is 1. The number of carbonyl (C=O) groups excluding carboxylic acids is 1. The van der Waals surface area contributed by atoms with Crippen LogP contribution in [-0.2, 0) is 17.3 Å². The molecule has 1 amide bonds. The molecule has 11 heteroatoms. The maximum absolute atomic E-state index is 13.6. The number of morpholine rings is 1. The van der Waals surface area contributed by atoms with Gasteiger partial charge in [0.05, 0.1) is 29.9 Å². The lowest BCUT2D eigenvalue weighted by Crippen LogP contribution is -2.57. The zero-order valence-corrected chi connectivity index (χ0v) is 23.1. The second-order valence-electron chi connectivity index (χ2n) is 10.4. The number of phenolic OH excluding ortho intramolecular Hbond substituents is 1. The molecule has 2 heterocycles. The molecule has 0 bridgehead atoms. The van der Waals surface area contributed by atoms with Crippen molar-refractivity contribution in [2.75, 3.05) is 52.9 Å². The first-order valence-corrected chi connectivity index (χ1v) is 13.5. The highest BCUT2D eigenvalue weighted by atomic mass is 35.5. The minimum absolute atomic E-state index is 0.0278.